The van der Waals surface area contributed by atoms with Crippen molar-refractivity contribution in [1.29, 1.82) is 0 Å². The van der Waals surface area contributed by atoms with Crippen molar-refractivity contribution in [3.8, 4) is 0 Å². The molecule has 1 aromatic carbocycles. The number of benzene rings is 1. The topological polar surface area (TPSA) is 224 Å². The van der Waals surface area contributed by atoms with Gasteiger partial charge >= 0.3 is 53.4 Å². The second-order valence-corrected chi connectivity index (χ2v) is 34.9. The summed E-state index contributed by atoms with van der Waals surface area (Å²) in [7, 11) is 3.20. The quantitative estimate of drug-likeness (QED) is 0.0547. The number of carbonyl (C=O) groups is 8. The van der Waals surface area contributed by atoms with Gasteiger partial charge in [-0.15, -0.1) is 0 Å². The number of carboxylic acid groups (broad SMARTS) is 1. The predicted octanol–water partition coefficient (Wildman–Crippen LogP) is 14.2. The second kappa shape index (κ2) is 33.6. The van der Waals surface area contributed by atoms with Gasteiger partial charge in [-0.05, 0) is 245 Å². The standard InChI is InChI=1S/C41H61NO4.C34H52O5.C4H6BO4.C2H4O2.2CH4.Na/c1-27(2)31-16-21-41(25-42-24-30-12-10-9-11-13-30)23-22-39(7)32(36(31)41)14-15-34-37(5)19-18-35(46-29(4)44)38(6,26-45-28(3)43)33(37)17-20-40(34,39)8;1-21(2)24-11-16-34(19-35)18-17-32(7)25(29(24)34)9-10-27-30(5)14-13-28(39-23(4)37)31(6,20-38-22(3)36)26(30)12-15-33(27,32)8;1-3(6)8-5-9-4(2)7;1-2(3)4;;;/h9-13,31-36,42H,1,14-26H2,2-8H3;19,24-29H,1,9-18,20H2,2-8H3;1-2H3;1H3,(H,3,4);2*1H4;/q;;-1;;;;+1/t31-,32?,33?,34?,35-,36?,37-,38-,39+,40+,41+;24-,25?,26?,27?,28-,29?,30-,31-,32+,33+,34+;;;;;/m00...../s1/i;;;;2*1D;. The molecule has 22 atom stereocenters. The average molecular weight is 1420 g/mol. The Morgan fingerprint density at radius 3 is 1.34 bits per heavy atom. The third-order valence-corrected chi connectivity index (χ3v) is 30.0. The molecule has 10 aliphatic carbocycles. The van der Waals surface area contributed by atoms with Crippen LogP contribution in [-0.2, 0) is 73.2 Å². The molecular weight excluding hydrogens is 1280 g/mol. The maximum Gasteiger partial charge on any atom is 1.00 e. The fourth-order valence-corrected chi connectivity index (χ4v) is 25.5. The van der Waals surface area contributed by atoms with Gasteiger partial charge in [0, 0.05) is 80.5 Å². The number of aldehydes is 1. The SMILES string of the molecule is C=C(C)[C@@H]1CC[C@]2(C=O)CC[C@]3(C)C(CCC4[C@@]5(C)CC[C@H](OC(C)=O)[C@@](C)(COC(C)=O)C5CC[C@]43C)C12.C=C(C)[C@@H]1CC[C@]2(CNCc3ccccc3)CC[C@]3(C)C(CCC4[C@@]5(C)CC[C@H](OC(C)=O)[C@@](C)(COC(C)=O)C5CC[C@]43C)C12.CC(=O)O.CC(=O)O[B-]OC(C)=O.[2H]C.[2H]C.[Na+]. The van der Waals surface area contributed by atoms with Crippen LogP contribution in [-0.4, -0.2) is 92.8 Å². The van der Waals surface area contributed by atoms with Gasteiger partial charge in [0.05, 0.1) is 0 Å². The van der Waals surface area contributed by atoms with Crippen molar-refractivity contribution < 1.29 is 104 Å². The summed E-state index contributed by atoms with van der Waals surface area (Å²) in [5.74, 6) is 2.35. The normalized spacial score (nSPS) is 40.9. The van der Waals surface area contributed by atoms with E-state index in [1.807, 2.05) is 0 Å². The zero-order valence-corrected chi connectivity index (χ0v) is 68.0. The molecule has 2 N–H and O–H groups in total. The van der Waals surface area contributed by atoms with Crippen molar-refractivity contribution in [2.45, 2.75) is 280 Å². The van der Waals surface area contributed by atoms with Crippen LogP contribution in [0.25, 0.3) is 0 Å². The molecular formula is C83H131BNNaO15. The summed E-state index contributed by atoms with van der Waals surface area (Å²) in [4.78, 5) is 90.0. The van der Waals surface area contributed by atoms with Crippen molar-refractivity contribution in [3.05, 3.63) is 60.2 Å². The number of hydrogen-bond acceptors (Lipinski definition) is 15. The number of nitrogens with one attached hydrogen (secondary N) is 1. The Kier molecular flexibility index (Phi) is 28.0. The fraction of sp³-hybridized carbons (Fsp3) is 0.783. The van der Waals surface area contributed by atoms with Crippen LogP contribution in [0.1, 0.15) is 269 Å². The molecule has 2 radical (unpaired) electrons. The molecule has 8 unspecified atom stereocenters. The summed E-state index contributed by atoms with van der Waals surface area (Å²) in [6.07, 6.45) is 23.5. The first-order valence-electron chi connectivity index (χ1n) is 39.2. The van der Waals surface area contributed by atoms with E-state index in [4.69, 9.17) is 31.6 Å². The Hall–Kier alpha value is -4.32. The van der Waals surface area contributed by atoms with Crippen molar-refractivity contribution >= 4 is 55.8 Å². The summed E-state index contributed by atoms with van der Waals surface area (Å²) in [6.45, 7) is 45.7. The number of hydrogen-bond donors (Lipinski definition) is 2. The minimum Gasteiger partial charge on any atom is -0.702 e. The van der Waals surface area contributed by atoms with E-state index >= 15 is 0 Å². The second-order valence-electron chi connectivity index (χ2n) is 34.9. The molecule has 562 valence electrons. The molecule has 11 rings (SSSR count). The molecule has 1 aromatic rings. The summed E-state index contributed by atoms with van der Waals surface area (Å²) in [5.41, 5.74) is 4.48. The Balaban J connectivity index is 0.000000303. The largest absolute Gasteiger partial charge is 1.00 e. The first kappa shape index (κ1) is 84.0. The smallest absolute Gasteiger partial charge is 0.702 e. The van der Waals surface area contributed by atoms with E-state index in [0.717, 1.165) is 90.6 Å². The van der Waals surface area contributed by atoms with Crippen LogP contribution < -0.4 is 34.9 Å². The molecule has 0 spiro atoms. The van der Waals surface area contributed by atoms with Crippen molar-refractivity contribution in [3.63, 3.8) is 0 Å². The van der Waals surface area contributed by atoms with Gasteiger partial charge in [-0.25, -0.2) is 0 Å². The molecule has 10 saturated carbocycles. The number of ether oxygens (including phenoxy) is 4. The van der Waals surface area contributed by atoms with Crippen LogP contribution in [0.4, 0.5) is 0 Å². The van der Waals surface area contributed by atoms with Gasteiger partial charge in [0.1, 0.15) is 39.4 Å². The molecule has 0 amide bonds. The van der Waals surface area contributed by atoms with Gasteiger partial charge in [0.2, 0.25) is 0 Å². The van der Waals surface area contributed by atoms with Gasteiger partial charge in [0.25, 0.3) is 17.9 Å². The van der Waals surface area contributed by atoms with Crippen LogP contribution in [0.2, 0.25) is 0 Å². The Bertz CT molecular complexity index is 3140. The van der Waals surface area contributed by atoms with Gasteiger partial charge in [-0.3, -0.25) is 33.6 Å². The van der Waals surface area contributed by atoms with Crippen LogP contribution >= 0.6 is 0 Å². The molecule has 16 nitrogen and oxygen atoms in total. The van der Waals surface area contributed by atoms with Gasteiger partial charge in [-0.1, -0.05) is 125 Å². The minimum absolute atomic E-state index is 0. The molecule has 0 aliphatic heterocycles. The minimum atomic E-state index is -0.833. The van der Waals surface area contributed by atoms with Gasteiger partial charge in [0.15, 0.2) is 0 Å². The molecule has 0 saturated heterocycles. The Labute approximate surface area is 634 Å². The van der Waals surface area contributed by atoms with Crippen molar-refractivity contribution in [2.75, 3.05) is 19.8 Å². The zero-order valence-electron chi connectivity index (χ0n) is 68.0. The summed E-state index contributed by atoms with van der Waals surface area (Å²) in [5, 5.41) is 11.4. The first-order chi connectivity index (χ1) is 47.7. The van der Waals surface area contributed by atoms with Gasteiger partial charge < -0.3 is 43.5 Å². The van der Waals surface area contributed by atoms with Gasteiger partial charge in [-0.2, -0.15) is 0 Å². The molecule has 10 fully saturated rings. The van der Waals surface area contributed by atoms with Crippen molar-refractivity contribution in [2.24, 2.45) is 113 Å². The van der Waals surface area contributed by atoms with E-state index in [2.05, 4.69) is 127 Å². The van der Waals surface area contributed by atoms with Crippen LogP contribution in [0, 0.1) is 113 Å². The maximum absolute atomic E-state index is 12.7. The third kappa shape index (κ3) is 16.5. The summed E-state index contributed by atoms with van der Waals surface area (Å²) in [6, 6.07) is 10.9. The van der Waals surface area contributed by atoms with E-state index in [-0.39, 0.29) is 109 Å². The number of fused-ring (bicyclic) bond motifs is 14. The monoisotopic (exact) mass is 1420 g/mol. The van der Waals surface area contributed by atoms with Crippen LogP contribution in [0.15, 0.2) is 54.6 Å². The number of aliphatic carboxylic acids is 1. The Morgan fingerprint density at radius 1 is 0.515 bits per heavy atom. The van der Waals surface area contributed by atoms with Crippen LogP contribution in [0.5, 0.6) is 0 Å². The van der Waals surface area contributed by atoms with E-state index in [1.165, 1.54) is 137 Å². The fourth-order valence-electron chi connectivity index (χ4n) is 25.5. The average Bonchev–Trinajstić information content (AvgIpc) is 1.57. The molecule has 18 heteroatoms. The molecule has 10 aliphatic rings. The van der Waals surface area contributed by atoms with E-state index < -0.39 is 23.3 Å². The Morgan fingerprint density at radius 2 is 0.931 bits per heavy atom. The number of carbonyl (C=O) groups excluding carboxylic acids is 7. The maximum atomic E-state index is 12.7. The zero-order chi connectivity index (χ0) is 76.6. The number of carboxylic acids is 1. The van der Waals surface area contributed by atoms with E-state index in [0.29, 0.717) is 85.5 Å². The number of esters is 4. The molecule has 0 heterocycles. The molecule has 0 bridgehead atoms. The predicted molar refractivity (Wildman–Crippen MR) is 391 cm³/mol. The first-order valence-corrected chi connectivity index (χ1v) is 37.2. The molecule has 101 heavy (non-hydrogen) atoms. The summed E-state index contributed by atoms with van der Waals surface area (Å²) < 4.78 is 43.2. The number of allylic oxidation sites excluding steroid dienone is 2. The van der Waals surface area contributed by atoms with E-state index in [9.17, 15) is 33.6 Å². The number of rotatable bonds is 15. The van der Waals surface area contributed by atoms with E-state index in [1.54, 1.807) is 0 Å². The van der Waals surface area contributed by atoms with Crippen LogP contribution in [0.3, 0.4) is 0 Å². The summed E-state index contributed by atoms with van der Waals surface area (Å²) >= 11 is 0. The van der Waals surface area contributed by atoms with Crippen molar-refractivity contribution in [1.82, 2.24) is 5.32 Å². The molecule has 0 aromatic heterocycles. The third-order valence-electron chi connectivity index (χ3n) is 30.0.